The summed E-state index contributed by atoms with van der Waals surface area (Å²) in [5.41, 5.74) is 3.70. The van der Waals surface area contributed by atoms with Crippen molar-refractivity contribution >= 4 is 12.2 Å². The molecular formula is C18H24N2O4. The Labute approximate surface area is 142 Å². The van der Waals surface area contributed by atoms with Gasteiger partial charge in [-0.1, -0.05) is 42.5 Å². The summed E-state index contributed by atoms with van der Waals surface area (Å²) < 4.78 is 9.98. The monoisotopic (exact) mass is 332 g/mol. The lowest BCUT2D eigenvalue weighted by molar-refractivity contribution is 0.0485. The molecule has 0 fully saturated rings. The van der Waals surface area contributed by atoms with Gasteiger partial charge >= 0.3 is 12.2 Å². The number of hydrazine groups is 1. The van der Waals surface area contributed by atoms with Gasteiger partial charge in [0.05, 0.1) is 19.3 Å². The molecule has 6 nitrogen and oxygen atoms in total. The molecule has 0 heterocycles. The van der Waals surface area contributed by atoms with E-state index in [1.807, 2.05) is 24.3 Å². The molecule has 0 aliphatic heterocycles. The molecule has 1 aliphatic rings. The zero-order chi connectivity index (χ0) is 17.4. The predicted octanol–water partition coefficient (Wildman–Crippen LogP) is 3.29. The van der Waals surface area contributed by atoms with Gasteiger partial charge in [0, 0.05) is 5.92 Å². The number of amides is 2. The van der Waals surface area contributed by atoms with Crippen LogP contribution in [0, 0.1) is 5.92 Å². The number of carbonyl (C=O) groups excluding carboxylic acids is 2. The lowest BCUT2D eigenvalue weighted by Crippen LogP contribution is -2.54. The van der Waals surface area contributed by atoms with Gasteiger partial charge in [-0.15, -0.1) is 0 Å². The van der Waals surface area contributed by atoms with E-state index in [1.165, 1.54) is 10.6 Å². The predicted molar refractivity (Wildman–Crippen MR) is 90.2 cm³/mol. The largest absolute Gasteiger partial charge is 0.449 e. The van der Waals surface area contributed by atoms with Crippen molar-refractivity contribution in [3.63, 3.8) is 0 Å². The van der Waals surface area contributed by atoms with Gasteiger partial charge in [-0.05, 0) is 32.3 Å². The van der Waals surface area contributed by atoms with Crippen LogP contribution in [0.3, 0.4) is 0 Å². The van der Waals surface area contributed by atoms with E-state index in [-0.39, 0.29) is 25.2 Å². The molecule has 6 heteroatoms. The molecule has 1 aromatic carbocycles. The number of hydrogen-bond donors (Lipinski definition) is 1. The molecule has 1 aliphatic carbocycles. The lowest BCUT2D eigenvalue weighted by atomic mass is 9.95. The van der Waals surface area contributed by atoms with Crippen LogP contribution < -0.4 is 5.43 Å². The third-order valence-electron chi connectivity index (χ3n) is 3.85. The van der Waals surface area contributed by atoms with Crippen LogP contribution in [0.1, 0.15) is 25.8 Å². The van der Waals surface area contributed by atoms with E-state index in [0.717, 1.165) is 6.42 Å². The highest BCUT2D eigenvalue weighted by atomic mass is 16.6. The van der Waals surface area contributed by atoms with Crippen molar-refractivity contribution < 1.29 is 19.1 Å². The van der Waals surface area contributed by atoms with Gasteiger partial charge in [0.1, 0.15) is 0 Å². The maximum absolute atomic E-state index is 12.3. The molecule has 2 rings (SSSR count). The van der Waals surface area contributed by atoms with Crippen molar-refractivity contribution in [2.45, 2.75) is 32.7 Å². The molecule has 1 N–H and O–H groups in total. The van der Waals surface area contributed by atoms with Crippen molar-refractivity contribution in [3.8, 4) is 0 Å². The second-order valence-electron chi connectivity index (χ2n) is 5.49. The highest BCUT2D eigenvalue weighted by molar-refractivity contribution is 5.74. The molecule has 0 saturated carbocycles. The average Bonchev–Trinajstić information content (AvgIpc) is 3.02. The topological polar surface area (TPSA) is 67.9 Å². The van der Waals surface area contributed by atoms with Crippen molar-refractivity contribution in [3.05, 3.63) is 48.0 Å². The van der Waals surface area contributed by atoms with Gasteiger partial charge in [-0.25, -0.2) is 20.0 Å². The quantitative estimate of drug-likeness (QED) is 0.663. The van der Waals surface area contributed by atoms with Gasteiger partial charge in [-0.2, -0.15) is 0 Å². The van der Waals surface area contributed by atoms with E-state index in [0.29, 0.717) is 6.42 Å². The Kier molecular flexibility index (Phi) is 6.66. The smallest absolute Gasteiger partial charge is 0.429 e. The molecule has 24 heavy (non-hydrogen) atoms. The standard InChI is InChI=1S/C18H24N2O4/c1-3-23-17(21)19-20(18(22)24-4-2)16-12-8-11-15(16)13-14-9-6-5-7-10-14/h5-11,15-16H,3-4,12-13H2,1-2H3,(H,19,21)/t15-,16+/m1/s1. The van der Waals surface area contributed by atoms with E-state index >= 15 is 0 Å². The number of hydrogen-bond acceptors (Lipinski definition) is 4. The minimum absolute atomic E-state index is 0.0960. The summed E-state index contributed by atoms with van der Waals surface area (Å²) in [6.07, 6.45) is 4.31. The van der Waals surface area contributed by atoms with Crippen molar-refractivity contribution in [1.82, 2.24) is 10.4 Å². The summed E-state index contributed by atoms with van der Waals surface area (Å²) in [6.45, 7) is 3.92. The maximum atomic E-state index is 12.3. The van der Waals surface area contributed by atoms with E-state index in [2.05, 4.69) is 23.6 Å². The first-order chi connectivity index (χ1) is 11.7. The average molecular weight is 332 g/mol. The second-order valence-corrected chi connectivity index (χ2v) is 5.49. The van der Waals surface area contributed by atoms with Gasteiger partial charge in [0.15, 0.2) is 0 Å². The highest BCUT2D eigenvalue weighted by Crippen LogP contribution is 2.27. The van der Waals surface area contributed by atoms with Crippen LogP contribution in [-0.2, 0) is 15.9 Å². The molecule has 130 valence electrons. The molecule has 1 aromatic rings. The Morgan fingerprint density at radius 1 is 1.17 bits per heavy atom. The summed E-state index contributed by atoms with van der Waals surface area (Å²) in [6, 6.07) is 9.85. The van der Waals surface area contributed by atoms with Gasteiger partial charge in [0.2, 0.25) is 0 Å². The molecule has 0 spiro atoms. The van der Waals surface area contributed by atoms with Crippen LogP contribution in [-0.4, -0.2) is 36.5 Å². The first-order valence-electron chi connectivity index (χ1n) is 8.25. The van der Waals surface area contributed by atoms with E-state index in [9.17, 15) is 9.59 Å². The fraction of sp³-hybridized carbons (Fsp3) is 0.444. The number of ether oxygens (including phenoxy) is 2. The molecule has 2 atom stereocenters. The summed E-state index contributed by atoms with van der Waals surface area (Å²) in [5, 5.41) is 1.26. The lowest BCUT2D eigenvalue weighted by Gasteiger charge is -2.31. The number of carbonyl (C=O) groups is 2. The van der Waals surface area contributed by atoms with E-state index in [4.69, 9.17) is 9.47 Å². The fourth-order valence-electron chi connectivity index (χ4n) is 2.80. The minimum Gasteiger partial charge on any atom is -0.449 e. The van der Waals surface area contributed by atoms with Crippen LogP contribution in [0.15, 0.2) is 42.5 Å². The molecule has 0 bridgehead atoms. The SMILES string of the molecule is CCOC(=O)NN(C(=O)OCC)[C@H]1CC=C[C@@H]1Cc1ccccc1. The summed E-state index contributed by atoms with van der Waals surface area (Å²) >= 11 is 0. The number of nitrogens with zero attached hydrogens (tertiary/aromatic N) is 1. The Balaban J connectivity index is 2.11. The molecule has 0 aromatic heterocycles. The molecular weight excluding hydrogens is 308 g/mol. The molecule has 2 amide bonds. The molecule has 0 radical (unpaired) electrons. The Hall–Kier alpha value is -2.50. The fourth-order valence-corrected chi connectivity index (χ4v) is 2.80. The normalized spacial score (nSPS) is 18.9. The van der Waals surface area contributed by atoms with Gasteiger partial charge in [0.25, 0.3) is 0 Å². The molecule has 0 unspecified atom stereocenters. The number of benzene rings is 1. The van der Waals surface area contributed by atoms with Crippen molar-refractivity contribution in [2.24, 2.45) is 5.92 Å². The zero-order valence-electron chi connectivity index (χ0n) is 14.1. The van der Waals surface area contributed by atoms with Crippen LogP contribution in [0.2, 0.25) is 0 Å². The molecule has 0 saturated heterocycles. The Morgan fingerprint density at radius 3 is 2.54 bits per heavy atom. The van der Waals surface area contributed by atoms with Crippen LogP contribution in [0.25, 0.3) is 0 Å². The zero-order valence-corrected chi connectivity index (χ0v) is 14.1. The second kappa shape index (κ2) is 8.96. The van der Waals surface area contributed by atoms with Crippen LogP contribution >= 0.6 is 0 Å². The summed E-state index contributed by atoms with van der Waals surface area (Å²) in [4.78, 5) is 24.1. The minimum atomic E-state index is -0.657. The highest BCUT2D eigenvalue weighted by Gasteiger charge is 2.34. The van der Waals surface area contributed by atoms with Crippen molar-refractivity contribution in [1.29, 1.82) is 0 Å². The first kappa shape index (κ1) is 17.8. The van der Waals surface area contributed by atoms with Gasteiger partial charge in [-0.3, -0.25) is 0 Å². The maximum Gasteiger partial charge on any atom is 0.429 e. The number of rotatable bonds is 5. The Bertz CT molecular complexity index is 574. The first-order valence-corrected chi connectivity index (χ1v) is 8.25. The van der Waals surface area contributed by atoms with Gasteiger partial charge < -0.3 is 9.47 Å². The van der Waals surface area contributed by atoms with Crippen molar-refractivity contribution in [2.75, 3.05) is 13.2 Å². The third-order valence-corrected chi connectivity index (χ3v) is 3.85. The van der Waals surface area contributed by atoms with E-state index in [1.54, 1.807) is 13.8 Å². The van der Waals surface area contributed by atoms with E-state index < -0.39 is 12.2 Å². The van der Waals surface area contributed by atoms with Crippen LogP contribution in [0.5, 0.6) is 0 Å². The summed E-state index contributed by atoms with van der Waals surface area (Å²) in [7, 11) is 0. The third kappa shape index (κ3) is 4.75. The van der Waals surface area contributed by atoms with Crippen LogP contribution in [0.4, 0.5) is 9.59 Å². The number of nitrogens with one attached hydrogen (secondary N) is 1. The summed E-state index contributed by atoms with van der Waals surface area (Å²) in [5.74, 6) is 0.0960. The Morgan fingerprint density at radius 2 is 1.88 bits per heavy atom.